The van der Waals surface area contributed by atoms with E-state index in [0.717, 1.165) is 18.4 Å². The number of hydrogen-bond acceptors (Lipinski definition) is 2. The Morgan fingerprint density at radius 2 is 2.08 bits per heavy atom. The Morgan fingerprint density at radius 3 is 2.54 bits per heavy atom. The van der Waals surface area contributed by atoms with Gasteiger partial charge in [0.2, 0.25) is 0 Å². The van der Waals surface area contributed by atoms with Crippen LogP contribution in [0.2, 0.25) is 0 Å². The molecule has 1 fully saturated rings. The fraction of sp³-hybridized carbons (Fsp3) is 1.00. The molecule has 1 saturated heterocycles. The van der Waals surface area contributed by atoms with Gasteiger partial charge in [-0.3, -0.25) is 0 Å². The standard InChI is InChI=1S/C11H23NO/c1-9(2)10-5-6-11(8-13-4)12(3)7-10/h9-11H,5-8H2,1-4H3. The van der Waals surface area contributed by atoms with Crippen molar-refractivity contribution in [3.8, 4) is 0 Å². The molecular weight excluding hydrogens is 162 g/mol. The number of methoxy groups -OCH3 is 1. The van der Waals surface area contributed by atoms with Crippen LogP contribution in [0, 0.1) is 11.8 Å². The fourth-order valence-corrected chi connectivity index (χ4v) is 2.18. The zero-order valence-electron chi connectivity index (χ0n) is 9.42. The summed E-state index contributed by atoms with van der Waals surface area (Å²) in [5.74, 6) is 1.71. The number of likely N-dealkylation sites (tertiary alicyclic amines) is 1. The molecule has 0 aliphatic carbocycles. The average Bonchev–Trinajstić information content (AvgIpc) is 2.08. The van der Waals surface area contributed by atoms with Gasteiger partial charge in [-0.25, -0.2) is 0 Å². The molecule has 0 aromatic heterocycles. The van der Waals surface area contributed by atoms with Crippen molar-refractivity contribution in [3.63, 3.8) is 0 Å². The van der Waals surface area contributed by atoms with Gasteiger partial charge in [0.15, 0.2) is 0 Å². The molecule has 0 amide bonds. The van der Waals surface area contributed by atoms with Crippen LogP contribution in [0.3, 0.4) is 0 Å². The van der Waals surface area contributed by atoms with Gasteiger partial charge in [-0.1, -0.05) is 13.8 Å². The first-order valence-electron chi connectivity index (χ1n) is 5.34. The average molecular weight is 185 g/mol. The predicted octanol–water partition coefficient (Wildman–Crippen LogP) is 2.00. The maximum Gasteiger partial charge on any atom is 0.0617 e. The molecule has 2 unspecified atom stereocenters. The lowest BCUT2D eigenvalue weighted by Crippen LogP contribution is -2.44. The molecule has 1 aliphatic rings. The van der Waals surface area contributed by atoms with E-state index in [1.807, 2.05) is 0 Å². The molecule has 2 nitrogen and oxygen atoms in total. The SMILES string of the molecule is COCC1CCC(C(C)C)CN1C. The summed E-state index contributed by atoms with van der Waals surface area (Å²) in [6.45, 7) is 6.79. The summed E-state index contributed by atoms with van der Waals surface area (Å²) < 4.78 is 5.21. The third-order valence-electron chi connectivity index (χ3n) is 3.32. The molecule has 0 bridgehead atoms. The van der Waals surface area contributed by atoms with Crippen molar-refractivity contribution in [2.24, 2.45) is 11.8 Å². The highest BCUT2D eigenvalue weighted by molar-refractivity contribution is 4.80. The highest BCUT2D eigenvalue weighted by Crippen LogP contribution is 2.26. The third kappa shape index (κ3) is 2.96. The summed E-state index contributed by atoms with van der Waals surface area (Å²) in [5, 5.41) is 0. The van der Waals surface area contributed by atoms with Crippen LogP contribution >= 0.6 is 0 Å². The minimum Gasteiger partial charge on any atom is -0.383 e. The highest BCUT2D eigenvalue weighted by Gasteiger charge is 2.26. The molecule has 0 saturated carbocycles. The zero-order chi connectivity index (χ0) is 9.84. The summed E-state index contributed by atoms with van der Waals surface area (Å²) in [4.78, 5) is 2.46. The van der Waals surface area contributed by atoms with Crippen LogP contribution in [-0.4, -0.2) is 38.3 Å². The van der Waals surface area contributed by atoms with Gasteiger partial charge in [0.1, 0.15) is 0 Å². The molecule has 0 radical (unpaired) electrons. The van der Waals surface area contributed by atoms with Crippen LogP contribution in [0.25, 0.3) is 0 Å². The Bertz CT molecular complexity index is 147. The Kier molecular flexibility index (Phi) is 4.20. The predicted molar refractivity (Wildman–Crippen MR) is 55.9 cm³/mol. The van der Waals surface area contributed by atoms with Crippen LogP contribution in [0.15, 0.2) is 0 Å². The number of nitrogens with zero attached hydrogens (tertiary/aromatic N) is 1. The maximum absolute atomic E-state index is 5.21. The molecule has 1 heterocycles. The highest BCUT2D eigenvalue weighted by atomic mass is 16.5. The minimum atomic E-state index is 0.653. The lowest BCUT2D eigenvalue weighted by atomic mass is 9.85. The van der Waals surface area contributed by atoms with Gasteiger partial charge in [0.25, 0.3) is 0 Å². The van der Waals surface area contributed by atoms with E-state index in [0.29, 0.717) is 6.04 Å². The normalized spacial score (nSPS) is 31.2. The van der Waals surface area contributed by atoms with Gasteiger partial charge in [0.05, 0.1) is 6.61 Å². The summed E-state index contributed by atoms with van der Waals surface area (Å²) >= 11 is 0. The first-order valence-corrected chi connectivity index (χ1v) is 5.34. The van der Waals surface area contributed by atoms with E-state index in [4.69, 9.17) is 4.74 Å². The molecule has 0 aromatic carbocycles. The molecule has 78 valence electrons. The first kappa shape index (κ1) is 11.0. The van der Waals surface area contributed by atoms with E-state index >= 15 is 0 Å². The molecule has 1 aliphatic heterocycles. The van der Waals surface area contributed by atoms with Gasteiger partial charge in [-0.05, 0) is 31.7 Å². The Balaban J connectivity index is 2.37. The number of hydrogen-bond donors (Lipinski definition) is 0. The van der Waals surface area contributed by atoms with Crippen molar-refractivity contribution < 1.29 is 4.74 Å². The molecule has 2 atom stereocenters. The number of likely N-dealkylation sites (N-methyl/N-ethyl adjacent to an activating group) is 1. The second-order valence-corrected chi connectivity index (χ2v) is 4.63. The van der Waals surface area contributed by atoms with Crippen molar-refractivity contribution in [1.82, 2.24) is 4.90 Å². The summed E-state index contributed by atoms with van der Waals surface area (Å²) in [7, 11) is 4.01. The number of ether oxygens (including phenoxy) is 1. The fourth-order valence-electron chi connectivity index (χ4n) is 2.18. The lowest BCUT2D eigenvalue weighted by molar-refractivity contribution is 0.0514. The van der Waals surface area contributed by atoms with Gasteiger partial charge in [-0.2, -0.15) is 0 Å². The molecule has 1 rings (SSSR count). The minimum absolute atomic E-state index is 0.653. The van der Waals surface area contributed by atoms with Crippen molar-refractivity contribution in [3.05, 3.63) is 0 Å². The van der Waals surface area contributed by atoms with E-state index in [-0.39, 0.29) is 0 Å². The van der Waals surface area contributed by atoms with E-state index in [1.165, 1.54) is 19.4 Å². The largest absolute Gasteiger partial charge is 0.383 e. The molecule has 13 heavy (non-hydrogen) atoms. The summed E-state index contributed by atoms with van der Waals surface area (Å²) in [6.07, 6.45) is 2.67. The third-order valence-corrected chi connectivity index (χ3v) is 3.32. The van der Waals surface area contributed by atoms with Gasteiger partial charge in [0, 0.05) is 19.7 Å². The second kappa shape index (κ2) is 4.97. The molecule has 0 aromatic rings. The topological polar surface area (TPSA) is 12.5 Å². The number of piperidine rings is 1. The lowest BCUT2D eigenvalue weighted by Gasteiger charge is -2.38. The van der Waals surface area contributed by atoms with Crippen molar-refractivity contribution in [1.29, 1.82) is 0 Å². The molecule has 0 spiro atoms. The summed E-state index contributed by atoms with van der Waals surface area (Å²) in [6, 6.07) is 0.653. The monoisotopic (exact) mass is 185 g/mol. The quantitative estimate of drug-likeness (QED) is 0.667. The Morgan fingerprint density at radius 1 is 1.38 bits per heavy atom. The van der Waals surface area contributed by atoms with Gasteiger partial charge < -0.3 is 9.64 Å². The van der Waals surface area contributed by atoms with E-state index < -0.39 is 0 Å². The van der Waals surface area contributed by atoms with Crippen molar-refractivity contribution in [2.75, 3.05) is 27.3 Å². The smallest absolute Gasteiger partial charge is 0.0617 e. The molecule has 2 heteroatoms. The maximum atomic E-state index is 5.21. The zero-order valence-corrected chi connectivity index (χ0v) is 9.42. The van der Waals surface area contributed by atoms with Crippen LogP contribution < -0.4 is 0 Å². The van der Waals surface area contributed by atoms with E-state index in [1.54, 1.807) is 7.11 Å². The molecular formula is C11H23NO. The number of rotatable bonds is 3. The summed E-state index contributed by atoms with van der Waals surface area (Å²) in [5.41, 5.74) is 0. The van der Waals surface area contributed by atoms with Crippen molar-refractivity contribution >= 4 is 0 Å². The van der Waals surface area contributed by atoms with Crippen molar-refractivity contribution in [2.45, 2.75) is 32.7 Å². The van der Waals surface area contributed by atoms with Crippen LogP contribution in [-0.2, 0) is 4.74 Å². The van der Waals surface area contributed by atoms with Crippen LogP contribution in [0.1, 0.15) is 26.7 Å². The Hall–Kier alpha value is -0.0800. The van der Waals surface area contributed by atoms with E-state index in [9.17, 15) is 0 Å². The first-order chi connectivity index (χ1) is 6.15. The second-order valence-electron chi connectivity index (χ2n) is 4.63. The Labute approximate surface area is 82.3 Å². The van der Waals surface area contributed by atoms with Crippen LogP contribution in [0.4, 0.5) is 0 Å². The van der Waals surface area contributed by atoms with E-state index in [2.05, 4.69) is 25.8 Å². The van der Waals surface area contributed by atoms with Gasteiger partial charge >= 0.3 is 0 Å². The van der Waals surface area contributed by atoms with Crippen LogP contribution in [0.5, 0.6) is 0 Å². The van der Waals surface area contributed by atoms with Gasteiger partial charge in [-0.15, -0.1) is 0 Å². The molecule has 0 N–H and O–H groups in total.